The number of sulfonamides is 1. The van der Waals surface area contributed by atoms with E-state index in [0.717, 1.165) is 5.56 Å². The highest BCUT2D eigenvalue weighted by atomic mass is 35.5. The second kappa shape index (κ2) is 8.68. The minimum atomic E-state index is -3.85. The zero-order chi connectivity index (χ0) is 22.9. The van der Waals surface area contributed by atoms with Gasteiger partial charge in [-0.25, -0.2) is 13.2 Å². The number of carbonyl (C=O) groups is 1. The maximum Gasteiger partial charge on any atom is 0.342 e. The summed E-state index contributed by atoms with van der Waals surface area (Å²) in [6, 6.07) is 18.5. The van der Waals surface area contributed by atoms with Gasteiger partial charge in [-0.3, -0.25) is 4.72 Å². The number of ether oxygens (including phenoxy) is 1. The first kappa shape index (κ1) is 21.9. The number of halogens is 1. The van der Waals surface area contributed by atoms with Crippen molar-refractivity contribution in [1.29, 1.82) is 0 Å². The predicted octanol–water partition coefficient (Wildman–Crippen LogP) is 5.86. The molecule has 1 N–H and O–H groups in total. The van der Waals surface area contributed by atoms with Crippen molar-refractivity contribution in [2.45, 2.75) is 25.3 Å². The number of carbonyl (C=O) groups excluding carboxylic acids is 1. The number of benzene rings is 3. The summed E-state index contributed by atoms with van der Waals surface area (Å²) in [6.07, 6.45) is 0. The lowest BCUT2D eigenvalue weighted by Crippen LogP contribution is -2.13. The van der Waals surface area contributed by atoms with Crippen molar-refractivity contribution >= 4 is 44.3 Å². The average Bonchev–Trinajstić information content (AvgIpc) is 3.09. The van der Waals surface area contributed by atoms with Crippen molar-refractivity contribution in [2.24, 2.45) is 0 Å². The summed E-state index contributed by atoms with van der Waals surface area (Å²) < 4.78 is 39.3. The summed E-state index contributed by atoms with van der Waals surface area (Å²) in [7, 11) is -3.85. The van der Waals surface area contributed by atoms with Gasteiger partial charge >= 0.3 is 5.97 Å². The fourth-order valence-corrected chi connectivity index (χ4v) is 4.58. The summed E-state index contributed by atoms with van der Waals surface area (Å²) in [5.74, 6) is -0.148. The van der Waals surface area contributed by atoms with Crippen LogP contribution in [0.25, 0.3) is 11.0 Å². The Balaban J connectivity index is 1.62. The van der Waals surface area contributed by atoms with Gasteiger partial charge in [0, 0.05) is 16.1 Å². The lowest BCUT2D eigenvalue weighted by Gasteiger charge is -2.10. The molecule has 0 saturated heterocycles. The van der Waals surface area contributed by atoms with Crippen molar-refractivity contribution in [1.82, 2.24) is 0 Å². The largest absolute Gasteiger partial charge is 0.460 e. The average molecular weight is 470 g/mol. The summed E-state index contributed by atoms with van der Waals surface area (Å²) in [4.78, 5) is 12.9. The second-order valence-corrected chi connectivity index (χ2v) is 9.41. The van der Waals surface area contributed by atoms with Crippen LogP contribution in [0, 0.1) is 13.8 Å². The number of rotatable bonds is 6. The molecule has 8 heteroatoms. The van der Waals surface area contributed by atoms with Crippen molar-refractivity contribution in [3.63, 3.8) is 0 Å². The fraction of sp³-hybridized carbons (Fsp3) is 0.125. The van der Waals surface area contributed by atoms with Crippen molar-refractivity contribution in [2.75, 3.05) is 4.72 Å². The molecule has 6 nitrogen and oxygen atoms in total. The third-order valence-corrected chi connectivity index (χ3v) is 6.78. The molecule has 0 aliphatic heterocycles. The van der Waals surface area contributed by atoms with Gasteiger partial charge in [0.25, 0.3) is 10.0 Å². The zero-order valence-electron chi connectivity index (χ0n) is 17.4. The molecular formula is C24H20ClNO5S. The summed E-state index contributed by atoms with van der Waals surface area (Å²) in [5.41, 5.74) is 2.53. The van der Waals surface area contributed by atoms with Crippen LogP contribution < -0.4 is 4.72 Å². The van der Waals surface area contributed by atoms with Gasteiger partial charge in [-0.05, 0) is 61.4 Å². The van der Waals surface area contributed by atoms with Gasteiger partial charge in [-0.15, -0.1) is 0 Å². The lowest BCUT2D eigenvalue weighted by atomic mass is 10.1. The predicted molar refractivity (Wildman–Crippen MR) is 124 cm³/mol. The third-order valence-electron chi connectivity index (χ3n) is 4.97. The summed E-state index contributed by atoms with van der Waals surface area (Å²) >= 11 is 6.00. The summed E-state index contributed by atoms with van der Waals surface area (Å²) in [6.45, 7) is 3.52. The van der Waals surface area contributed by atoms with Crippen molar-refractivity contribution in [3.8, 4) is 0 Å². The number of nitrogens with one attached hydrogen (secondary N) is 1. The van der Waals surface area contributed by atoms with E-state index in [2.05, 4.69) is 4.72 Å². The van der Waals surface area contributed by atoms with Crippen LogP contribution in [-0.4, -0.2) is 14.4 Å². The van der Waals surface area contributed by atoms with E-state index in [1.165, 1.54) is 18.2 Å². The highest BCUT2D eigenvalue weighted by Crippen LogP contribution is 2.30. The topological polar surface area (TPSA) is 85.6 Å². The molecule has 0 aliphatic carbocycles. The highest BCUT2D eigenvalue weighted by Gasteiger charge is 2.21. The van der Waals surface area contributed by atoms with Crippen LogP contribution in [0.15, 0.2) is 76.0 Å². The molecule has 1 heterocycles. The number of aryl methyl sites for hydroxylation is 2. The Morgan fingerprint density at radius 3 is 2.50 bits per heavy atom. The van der Waals surface area contributed by atoms with Gasteiger partial charge in [-0.2, -0.15) is 0 Å². The van der Waals surface area contributed by atoms with Crippen LogP contribution in [0.3, 0.4) is 0 Å². The van der Waals surface area contributed by atoms with Crippen LogP contribution in [0.1, 0.15) is 27.2 Å². The van der Waals surface area contributed by atoms with Crippen LogP contribution >= 0.6 is 11.6 Å². The van der Waals surface area contributed by atoms with Gasteiger partial charge in [-0.1, -0.05) is 41.9 Å². The molecule has 0 unspecified atom stereocenters. The van der Waals surface area contributed by atoms with E-state index in [1.54, 1.807) is 32.0 Å². The first-order valence-electron chi connectivity index (χ1n) is 9.78. The first-order valence-corrected chi connectivity index (χ1v) is 11.6. The van der Waals surface area contributed by atoms with Crippen molar-refractivity contribution in [3.05, 3.63) is 94.2 Å². The number of hydrogen-bond donors (Lipinski definition) is 1. The molecule has 0 bridgehead atoms. The van der Waals surface area contributed by atoms with E-state index < -0.39 is 16.0 Å². The van der Waals surface area contributed by atoms with Gasteiger partial charge < -0.3 is 9.15 Å². The Morgan fingerprint density at radius 2 is 1.78 bits per heavy atom. The first-order chi connectivity index (χ1) is 15.2. The van der Waals surface area contributed by atoms with E-state index in [4.69, 9.17) is 20.8 Å². The number of furan rings is 1. The van der Waals surface area contributed by atoms with Gasteiger partial charge in [0.2, 0.25) is 0 Å². The zero-order valence-corrected chi connectivity index (χ0v) is 19.0. The molecule has 0 amide bonds. The molecular weight excluding hydrogens is 450 g/mol. The molecule has 0 radical (unpaired) electrons. The molecule has 3 aromatic carbocycles. The lowest BCUT2D eigenvalue weighted by molar-refractivity contribution is 0.0473. The number of esters is 1. The number of anilines is 1. The molecule has 32 heavy (non-hydrogen) atoms. The van der Waals surface area contributed by atoms with Gasteiger partial charge in [0.1, 0.15) is 23.5 Å². The molecule has 164 valence electrons. The smallest absolute Gasteiger partial charge is 0.342 e. The summed E-state index contributed by atoms with van der Waals surface area (Å²) in [5, 5.41) is 0.950. The Bertz CT molecular complexity index is 1410. The molecule has 0 atom stereocenters. The van der Waals surface area contributed by atoms with E-state index in [9.17, 15) is 13.2 Å². The molecule has 1 aromatic heterocycles. The monoisotopic (exact) mass is 469 g/mol. The Labute approximate surface area is 190 Å². The SMILES string of the molecule is Cc1cc(S(=O)(=O)Nc2ccc3oc(C)c(C(=O)OCc4ccccc4)c3c2)ccc1Cl. The van der Waals surface area contributed by atoms with Crippen molar-refractivity contribution < 1.29 is 22.4 Å². The standard InChI is InChI=1S/C24H20ClNO5S/c1-15-12-19(9-10-21(15)25)32(28,29)26-18-8-11-22-20(13-18)23(16(2)31-22)24(27)30-14-17-6-4-3-5-7-17/h3-13,26H,14H2,1-2H3. The molecule has 4 aromatic rings. The van der Waals surface area contributed by atoms with E-state index in [-0.39, 0.29) is 17.1 Å². The van der Waals surface area contributed by atoms with Crippen LogP contribution in [0.5, 0.6) is 0 Å². The Hall–Kier alpha value is -3.29. The molecule has 0 saturated carbocycles. The minimum absolute atomic E-state index is 0.0883. The molecule has 0 fully saturated rings. The van der Waals surface area contributed by atoms with Crippen LogP contribution in [0.2, 0.25) is 5.02 Å². The Morgan fingerprint density at radius 1 is 1.03 bits per heavy atom. The minimum Gasteiger partial charge on any atom is -0.460 e. The van der Waals surface area contributed by atoms with Gasteiger partial charge in [0.05, 0.1) is 4.90 Å². The van der Waals surface area contributed by atoms with E-state index in [1.807, 2.05) is 30.3 Å². The second-order valence-electron chi connectivity index (χ2n) is 7.32. The normalized spacial score (nSPS) is 11.5. The van der Waals surface area contributed by atoms with E-state index >= 15 is 0 Å². The highest BCUT2D eigenvalue weighted by molar-refractivity contribution is 7.92. The maximum absolute atomic E-state index is 12.8. The maximum atomic E-state index is 12.8. The molecule has 0 aliphatic rings. The molecule has 0 spiro atoms. The number of fused-ring (bicyclic) bond motifs is 1. The van der Waals surface area contributed by atoms with Crippen LogP contribution in [-0.2, 0) is 21.4 Å². The molecule has 4 rings (SSSR count). The Kier molecular flexibility index (Phi) is 5.95. The third kappa shape index (κ3) is 4.49. The number of hydrogen-bond acceptors (Lipinski definition) is 5. The quantitative estimate of drug-likeness (QED) is 0.357. The van der Waals surface area contributed by atoms with E-state index in [0.29, 0.717) is 33.0 Å². The fourth-order valence-electron chi connectivity index (χ4n) is 3.33. The van der Waals surface area contributed by atoms with Gasteiger partial charge in [0.15, 0.2) is 0 Å². The van der Waals surface area contributed by atoms with Crippen LogP contribution in [0.4, 0.5) is 5.69 Å².